The summed E-state index contributed by atoms with van der Waals surface area (Å²) in [5.74, 6) is -0.190. The number of carbonyl (C=O) groups is 1. The lowest BCUT2D eigenvalue weighted by Crippen LogP contribution is -2.54. The lowest BCUT2D eigenvalue weighted by atomic mass is 9.66. The zero-order chi connectivity index (χ0) is 19.8. The van der Waals surface area contributed by atoms with Crippen LogP contribution < -0.4 is 0 Å². The zero-order valence-corrected chi connectivity index (χ0v) is 15.0. The number of amides is 1. The molecule has 1 saturated heterocycles. The van der Waals surface area contributed by atoms with Gasteiger partial charge in [0.2, 0.25) is 0 Å². The number of hydrogen-bond acceptors (Lipinski definition) is 6. The smallest absolute Gasteiger partial charge is 0.277 e. The van der Waals surface area contributed by atoms with Crippen LogP contribution in [0.1, 0.15) is 43.5 Å². The third kappa shape index (κ3) is 1.85. The van der Waals surface area contributed by atoms with Crippen molar-refractivity contribution in [3.63, 3.8) is 0 Å². The molecule has 1 aliphatic heterocycles. The molecule has 1 aromatic rings. The van der Waals surface area contributed by atoms with Crippen LogP contribution in [0.15, 0.2) is 18.2 Å². The minimum atomic E-state index is -0.971. The number of likely N-dealkylation sites (tertiary alicyclic amines) is 1. The average Bonchev–Trinajstić information content (AvgIpc) is 3.09. The number of rotatable bonds is 3. The molecule has 2 saturated carbocycles. The van der Waals surface area contributed by atoms with Crippen LogP contribution in [0.25, 0.3) is 0 Å². The standard InChI is InChI=1S/C18H18N4O5/c1-16-10-20(18(9-19)8-12(16)3-4-17(16,18)2)15(23)11-5-13(21(24)25)7-14(6-11)22(26)27/h5-7,12H,3-4,8,10H2,1-2H3/t12-,16+,17-,18+/m1/s1. The van der Waals surface area contributed by atoms with Gasteiger partial charge < -0.3 is 4.90 Å². The lowest BCUT2D eigenvalue weighted by molar-refractivity contribution is -0.394. The molecule has 0 aromatic heterocycles. The summed E-state index contributed by atoms with van der Waals surface area (Å²) >= 11 is 0. The molecule has 140 valence electrons. The van der Waals surface area contributed by atoms with Crippen LogP contribution in [0.2, 0.25) is 0 Å². The first-order valence-electron chi connectivity index (χ1n) is 8.77. The fourth-order valence-corrected chi connectivity index (χ4v) is 5.84. The summed E-state index contributed by atoms with van der Waals surface area (Å²) in [6.45, 7) is 4.54. The Balaban J connectivity index is 1.80. The van der Waals surface area contributed by atoms with Gasteiger partial charge in [0.15, 0.2) is 0 Å². The van der Waals surface area contributed by atoms with Crippen LogP contribution in [-0.4, -0.2) is 32.7 Å². The average molecular weight is 370 g/mol. The van der Waals surface area contributed by atoms with E-state index >= 15 is 0 Å². The highest BCUT2D eigenvalue weighted by atomic mass is 16.6. The second kappa shape index (κ2) is 5.03. The van der Waals surface area contributed by atoms with Crippen LogP contribution in [0, 0.1) is 48.3 Å². The molecule has 3 fully saturated rings. The SMILES string of the molecule is C[C@]12CC[C@@H]3C[C@@]1(C#N)N(C(=O)c1cc([N+](=O)[O-])cc([N+](=O)[O-])c1)C[C@@]32C. The van der Waals surface area contributed by atoms with E-state index in [1.807, 2.05) is 6.92 Å². The molecular weight excluding hydrogens is 352 g/mol. The molecule has 4 rings (SSSR count). The molecule has 1 aromatic carbocycles. The largest absolute Gasteiger partial charge is 0.319 e. The Kier molecular flexibility index (Phi) is 3.24. The molecule has 4 atom stereocenters. The fraction of sp³-hybridized carbons (Fsp3) is 0.556. The van der Waals surface area contributed by atoms with E-state index in [-0.39, 0.29) is 16.4 Å². The minimum absolute atomic E-state index is 0.124. The van der Waals surface area contributed by atoms with Crippen molar-refractivity contribution in [2.75, 3.05) is 6.54 Å². The van der Waals surface area contributed by atoms with Crippen LogP contribution >= 0.6 is 0 Å². The number of benzene rings is 1. The second-order valence-electron chi connectivity index (χ2n) is 8.30. The van der Waals surface area contributed by atoms with Crippen LogP contribution in [0.3, 0.4) is 0 Å². The van der Waals surface area contributed by atoms with Gasteiger partial charge in [-0.3, -0.25) is 25.0 Å². The van der Waals surface area contributed by atoms with Crippen molar-refractivity contribution in [2.45, 2.75) is 38.6 Å². The molecule has 9 nitrogen and oxygen atoms in total. The first kappa shape index (κ1) is 17.4. The molecule has 9 heteroatoms. The van der Waals surface area contributed by atoms with Crippen molar-refractivity contribution in [1.82, 2.24) is 4.90 Å². The third-order valence-corrected chi connectivity index (χ3v) is 7.56. The van der Waals surface area contributed by atoms with Crippen molar-refractivity contribution in [3.8, 4) is 6.07 Å². The quantitative estimate of drug-likeness (QED) is 0.593. The fourth-order valence-electron chi connectivity index (χ4n) is 5.84. The molecule has 27 heavy (non-hydrogen) atoms. The molecule has 1 amide bonds. The molecule has 2 aliphatic carbocycles. The summed E-state index contributed by atoms with van der Waals surface area (Å²) in [4.78, 5) is 35.5. The van der Waals surface area contributed by atoms with Crippen molar-refractivity contribution in [1.29, 1.82) is 5.26 Å². The highest BCUT2D eigenvalue weighted by Gasteiger charge is 2.78. The maximum absolute atomic E-state index is 13.2. The van der Waals surface area contributed by atoms with Gasteiger partial charge in [-0.05, 0) is 30.6 Å². The topological polar surface area (TPSA) is 130 Å². The minimum Gasteiger partial charge on any atom is -0.319 e. The van der Waals surface area contributed by atoms with Crippen molar-refractivity contribution in [2.24, 2.45) is 16.7 Å². The van der Waals surface area contributed by atoms with Gasteiger partial charge in [-0.15, -0.1) is 0 Å². The molecule has 0 N–H and O–H groups in total. The van der Waals surface area contributed by atoms with E-state index in [0.29, 0.717) is 18.9 Å². The number of nitro benzene ring substituents is 2. The molecule has 3 aliphatic rings. The van der Waals surface area contributed by atoms with Crippen molar-refractivity contribution in [3.05, 3.63) is 44.0 Å². The van der Waals surface area contributed by atoms with Gasteiger partial charge in [-0.2, -0.15) is 5.26 Å². The number of nitrogens with zero attached hydrogens (tertiary/aromatic N) is 4. The predicted molar refractivity (Wildman–Crippen MR) is 92.7 cm³/mol. The monoisotopic (exact) mass is 370 g/mol. The first-order chi connectivity index (χ1) is 12.6. The predicted octanol–water partition coefficient (Wildman–Crippen LogP) is 3.05. The van der Waals surface area contributed by atoms with Gasteiger partial charge in [0.25, 0.3) is 17.3 Å². The number of nitro groups is 2. The van der Waals surface area contributed by atoms with E-state index in [4.69, 9.17) is 0 Å². The van der Waals surface area contributed by atoms with Gasteiger partial charge in [0.1, 0.15) is 5.54 Å². The van der Waals surface area contributed by atoms with Crippen LogP contribution in [0.5, 0.6) is 0 Å². The Bertz CT molecular complexity index is 923. The van der Waals surface area contributed by atoms with Crippen LogP contribution in [0.4, 0.5) is 11.4 Å². The number of piperidine rings is 1. The molecule has 0 radical (unpaired) electrons. The van der Waals surface area contributed by atoms with Gasteiger partial charge in [0.05, 0.1) is 27.5 Å². The van der Waals surface area contributed by atoms with E-state index in [2.05, 4.69) is 13.0 Å². The number of nitriles is 1. The third-order valence-electron chi connectivity index (χ3n) is 7.56. The summed E-state index contributed by atoms with van der Waals surface area (Å²) < 4.78 is 0. The molecule has 0 spiro atoms. The lowest BCUT2D eigenvalue weighted by Gasteiger charge is -2.43. The Morgan fingerprint density at radius 3 is 2.30 bits per heavy atom. The van der Waals surface area contributed by atoms with E-state index in [1.165, 1.54) is 4.90 Å². The van der Waals surface area contributed by atoms with Gasteiger partial charge >= 0.3 is 0 Å². The first-order valence-corrected chi connectivity index (χ1v) is 8.77. The summed E-state index contributed by atoms with van der Waals surface area (Å²) in [5.41, 5.74) is -2.65. The summed E-state index contributed by atoms with van der Waals surface area (Å²) in [5, 5.41) is 32.3. The molecular formula is C18H18N4O5. The maximum atomic E-state index is 13.2. The second-order valence-corrected chi connectivity index (χ2v) is 8.30. The van der Waals surface area contributed by atoms with E-state index < -0.39 is 32.7 Å². The Labute approximate surface area is 154 Å². The van der Waals surface area contributed by atoms with Gasteiger partial charge in [0, 0.05) is 24.1 Å². The summed E-state index contributed by atoms with van der Waals surface area (Å²) in [7, 11) is 0. The highest BCUT2D eigenvalue weighted by molar-refractivity contribution is 5.97. The maximum Gasteiger partial charge on any atom is 0.277 e. The van der Waals surface area contributed by atoms with Crippen molar-refractivity contribution >= 4 is 17.3 Å². The number of non-ortho nitro benzene ring substituents is 2. The van der Waals surface area contributed by atoms with Gasteiger partial charge in [-0.1, -0.05) is 13.8 Å². The Morgan fingerprint density at radius 2 is 1.81 bits per heavy atom. The molecule has 1 heterocycles. The normalized spacial score (nSPS) is 35.9. The van der Waals surface area contributed by atoms with E-state index in [0.717, 1.165) is 31.0 Å². The summed E-state index contributed by atoms with van der Waals surface area (Å²) in [6, 6.07) is 5.31. The zero-order valence-electron chi connectivity index (χ0n) is 15.0. The summed E-state index contributed by atoms with van der Waals surface area (Å²) in [6.07, 6.45) is 2.46. The van der Waals surface area contributed by atoms with E-state index in [9.17, 15) is 30.3 Å². The van der Waals surface area contributed by atoms with Crippen molar-refractivity contribution < 1.29 is 14.6 Å². The van der Waals surface area contributed by atoms with E-state index in [1.54, 1.807) is 0 Å². The van der Waals surface area contributed by atoms with Crippen LogP contribution in [-0.2, 0) is 0 Å². The number of carbonyl (C=O) groups excluding carboxylic acids is 1. The number of hydrogen-bond donors (Lipinski definition) is 0. The molecule has 4 bridgehead atoms. The Hall–Kier alpha value is -3.02. The highest BCUT2D eigenvalue weighted by Crippen LogP contribution is 2.75. The Morgan fingerprint density at radius 1 is 1.22 bits per heavy atom. The molecule has 0 unspecified atom stereocenters. The van der Waals surface area contributed by atoms with Gasteiger partial charge in [-0.25, -0.2) is 0 Å².